The SMILES string of the molecule is Cc1cccc(C(Cc2cccc(F)c2)NC2=NCCS2)c1C. The molecular weight excluding hydrogens is 307 g/mol. The third-order valence-electron chi connectivity index (χ3n) is 4.23. The fourth-order valence-electron chi connectivity index (χ4n) is 2.86. The average molecular weight is 328 g/mol. The van der Waals surface area contributed by atoms with E-state index in [9.17, 15) is 4.39 Å². The molecule has 3 rings (SSSR count). The van der Waals surface area contributed by atoms with Gasteiger partial charge in [0.05, 0.1) is 12.6 Å². The molecule has 0 radical (unpaired) electrons. The first-order chi connectivity index (χ1) is 11.1. The van der Waals surface area contributed by atoms with E-state index >= 15 is 0 Å². The van der Waals surface area contributed by atoms with Crippen LogP contribution in [-0.4, -0.2) is 17.5 Å². The Labute approximate surface area is 141 Å². The molecular formula is C19H21FN2S. The Hall–Kier alpha value is -1.81. The van der Waals surface area contributed by atoms with E-state index in [0.717, 1.165) is 29.4 Å². The minimum atomic E-state index is -0.185. The second kappa shape index (κ2) is 7.18. The second-order valence-electron chi connectivity index (χ2n) is 5.86. The van der Waals surface area contributed by atoms with Gasteiger partial charge in [0.1, 0.15) is 5.82 Å². The van der Waals surface area contributed by atoms with Gasteiger partial charge in [0.2, 0.25) is 0 Å². The van der Waals surface area contributed by atoms with Crippen molar-refractivity contribution < 1.29 is 4.39 Å². The lowest BCUT2D eigenvalue weighted by Crippen LogP contribution is -2.28. The van der Waals surface area contributed by atoms with Crippen LogP contribution in [0.25, 0.3) is 0 Å². The van der Waals surface area contributed by atoms with Crippen LogP contribution >= 0.6 is 11.8 Å². The molecule has 23 heavy (non-hydrogen) atoms. The molecule has 2 aromatic carbocycles. The van der Waals surface area contributed by atoms with E-state index in [1.807, 2.05) is 6.07 Å². The predicted molar refractivity (Wildman–Crippen MR) is 96.7 cm³/mol. The molecule has 1 aliphatic heterocycles. The molecule has 1 heterocycles. The normalized spacial score (nSPS) is 15.3. The number of aliphatic imine (C=N–C) groups is 1. The number of aryl methyl sites for hydroxylation is 1. The summed E-state index contributed by atoms with van der Waals surface area (Å²) in [4.78, 5) is 4.51. The first-order valence-electron chi connectivity index (χ1n) is 7.88. The molecule has 0 saturated heterocycles. The summed E-state index contributed by atoms with van der Waals surface area (Å²) in [5, 5.41) is 4.55. The number of hydrogen-bond acceptors (Lipinski definition) is 3. The molecule has 2 aromatic rings. The van der Waals surface area contributed by atoms with E-state index in [0.29, 0.717) is 0 Å². The van der Waals surface area contributed by atoms with Gasteiger partial charge in [-0.05, 0) is 54.7 Å². The van der Waals surface area contributed by atoms with Gasteiger partial charge in [0, 0.05) is 5.75 Å². The van der Waals surface area contributed by atoms with Crippen molar-refractivity contribution in [2.45, 2.75) is 26.3 Å². The monoisotopic (exact) mass is 328 g/mol. The lowest BCUT2D eigenvalue weighted by atomic mass is 9.93. The third kappa shape index (κ3) is 3.94. The molecule has 0 amide bonds. The van der Waals surface area contributed by atoms with Crippen LogP contribution in [0, 0.1) is 19.7 Å². The van der Waals surface area contributed by atoms with Crippen LogP contribution in [0.15, 0.2) is 47.5 Å². The Morgan fingerprint density at radius 3 is 2.78 bits per heavy atom. The van der Waals surface area contributed by atoms with E-state index in [-0.39, 0.29) is 11.9 Å². The Bertz CT molecular complexity index is 727. The molecule has 0 bridgehead atoms. The quantitative estimate of drug-likeness (QED) is 0.898. The highest BCUT2D eigenvalue weighted by molar-refractivity contribution is 8.14. The summed E-state index contributed by atoms with van der Waals surface area (Å²) in [6.07, 6.45) is 0.738. The van der Waals surface area contributed by atoms with Crippen LogP contribution in [0.2, 0.25) is 0 Å². The summed E-state index contributed by atoms with van der Waals surface area (Å²) in [6, 6.07) is 13.3. The zero-order valence-electron chi connectivity index (χ0n) is 13.5. The maximum absolute atomic E-state index is 13.5. The predicted octanol–water partition coefficient (Wildman–Crippen LogP) is 4.42. The lowest BCUT2D eigenvalue weighted by molar-refractivity contribution is 0.613. The van der Waals surface area contributed by atoms with E-state index in [1.54, 1.807) is 23.9 Å². The molecule has 120 valence electrons. The number of nitrogens with zero attached hydrogens (tertiary/aromatic N) is 1. The Kier molecular flexibility index (Phi) is 5.01. The van der Waals surface area contributed by atoms with Crippen molar-refractivity contribution in [2.24, 2.45) is 4.99 Å². The van der Waals surface area contributed by atoms with Gasteiger partial charge in [-0.15, -0.1) is 0 Å². The highest BCUT2D eigenvalue weighted by Crippen LogP contribution is 2.26. The van der Waals surface area contributed by atoms with Gasteiger partial charge in [-0.1, -0.05) is 42.1 Å². The number of benzene rings is 2. The average Bonchev–Trinajstić information content (AvgIpc) is 3.02. The van der Waals surface area contributed by atoms with E-state index in [2.05, 4.69) is 42.4 Å². The molecule has 0 saturated carbocycles. The molecule has 0 aromatic heterocycles. The number of thioether (sulfide) groups is 1. The molecule has 0 fully saturated rings. The summed E-state index contributed by atoms with van der Waals surface area (Å²) < 4.78 is 13.5. The number of halogens is 1. The van der Waals surface area contributed by atoms with Gasteiger partial charge in [0.15, 0.2) is 5.17 Å². The van der Waals surface area contributed by atoms with Crippen LogP contribution < -0.4 is 5.32 Å². The zero-order chi connectivity index (χ0) is 16.2. The van der Waals surface area contributed by atoms with Crippen molar-refractivity contribution >= 4 is 16.9 Å². The lowest BCUT2D eigenvalue weighted by Gasteiger charge is -2.23. The third-order valence-corrected chi connectivity index (χ3v) is 5.14. The molecule has 1 aliphatic rings. The topological polar surface area (TPSA) is 24.4 Å². The van der Waals surface area contributed by atoms with Crippen LogP contribution in [-0.2, 0) is 6.42 Å². The summed E-state index contributed by atoms with van der Waals surface area (Å²) >= 11 is 1.75. The van der Waals surface area contributed by atoms with Crippen molar-refractivity contribution in [2.75, 3.05) is 12.3 Å². The summed E-state index contributed by atoms with van der Waals surface area (Å²) in [6.45, 7) is 5.14. The van der Waals surface area contributed by atoms with Crippen LogP contribution in [0.3, 0.4) is 0 Å². The molecule has 0 aliphatic carbocycles. The molecule has 4 heteroatoms. The van der Waals surface area contributed by atoms with Gasteiger partial charge in [-0.3, -0.25) is 4.99 Å². The largest absolute Gasteiger partial charge is 0.358 e. The van der Waals surface area contributed by atoms with E-state index in [4.69, 9.17) is 0 Å². The Balaban J connectivity index is 1.91. The molecule has 1 atom stereocenters. The fraction of sp³-hybridized carbons (Fsp3) is 0.316. The van der Waals surface area contributed by atoms with Gasteiger partial charge in [0.25, 0.3) is 0 Å². The first-order valence-corrected chi connectivity index (χ1v) is 8.86. The minimum Gasteiger partial charge on any atom is -0.358 e. The standard InChI is InChI=1S/C19H21FN2S/c1-13-5-3-8-17(14(13)2)18(22-19-21-9-10-23-19)12-15-6-4-7-16(20)11-15/h3-8,11,18H,9-10,12H2,1-2H3,(H,21,22). The van der Waals surface area contributed by atoms with Crippen LogP contribution in [0.5, 0.6) is 0 Å². The summed E-state index contributed by atoms with van der Waals surface area (Å²) in [5.41, 5.74) is 4.80. The number of amidine groups is 1. The first kappa shape index (κ1) is 16.1. The highest BCUT2D eigenvalue weighted by atomic mass is 32.2. The minimum absolute atomic E-state index is 0.0982. The molecule has 1 N–H and O–H groups in total. The summed E-state index contributed by atoms with van der Waals surface area (Å²) in [5.74, 6) is 0.844. The van der Waals surface area contributed by atoms with Crippen molar-refractivity contribution in [1.82, 2.24) is 5.32 Å². The maximum Gasteiger partial charge on any atom is 0.157 e. The van der Waals surface area contributed by atoms with Crippen molar-refractivity contribution in [3.8, 4) is 0 Å². The number of rotatable bonds is 4. The van der Waals surface area contributed by atoms with Gasteiger partial charge in [-0.25, -0.2) is 4.39 Å². The molecule has 0 spiro atoms. The van der Waals surface area contributed by atoms with Crippen LogP contribution in [0.4, 0.5) is 4.39 Å². The zero-order valence-corrected chi connectivity index (χ0v) is 14.3. The Morgan fingerprint density at radius 2 is 2.04 bits per heavy atom. The second-order valence-corrected chi connectivity index (χ2v) is 6.94. The van der Waals surface area contributed by atoms with Gasteiger partial charge < -0.3 is 5.32 Å². The van der Waals surface area contributed by atoms with Crippen molar-refractivity contribution in [3.05, 3.63) is 70.5 Å². The number of nitrogens with one attached hydrogen (secondary N) is 1. The smallest absolute Gasteiger partial charge is 0.157 e. The van der Waals surface area contributed by atoms with Gasteiger partial charge >= 0.3 is 0 Å². The number of hydrogen-bond donors (Lipinski definition) is 1. The van der Waals surface area contributed by atoms with Crippen molar-refractivity contribution in [3.63, 3.8) is 0 Å². The Morgan fingerprint density at radius 1 is 1.22 bits per heavy atom. The molecule has 1 unspecified atom stereocenters. The highest BCUT2D eigenvalue weighted by Gasteiger charge is 2.19. The molecule has 2 nitrogen and oxygen atoms in total. The van der Waals surface area contributed by atoms with Crippen molar-refractivity contribution in [1.29, 1.82) is 0 Å². The van der Waals surface area contributed by atoms with Crippen LogP contribution in [0.1, 0.15) is 28.3 Å². The maximum atomic E-state index is 13.5. The van der Waals surface area contributed by atoms with E-state index < -0.39 is 0 Å². The van der Waals surface area contributed by atoms with Gasteiger partial charge in [-0.2, -0.15) is 0 Å². The fourth-order valence-corrected chi connectivity index (χ4v) is 3.65. The summed E-state index contributed by atoms with van der Waals surface area (Å²) in [7, 11) is 0. The van der Waals surface area contributed by atoms with E-state index in [1.165, 1.54) is 22.8 Å².